The number of carbonyl (C=O) groups is 2. The molecule has 2 aromatic carbocycles. The van der Waals surface area contributed by atoms with E-state index in [0.29, 0.717) is 29.2 Å². The normalized spacial score (nSPS) is 17.8. The smallest absolute Gasteiger partial charge is 0.332 e. The summed E-state index contributed by atoms with van der Waals surface area (Å²) in [5.41, 5.74) is 2.75. The first-order valence-corrected chi connectivity index (χ1v) is 8.10. The number of imide groups is 1. The minimum atomic E-state index is -0.514. The summed E-state index contributed by atoms with van der Waals surface area (Å²) in [7, 11) is 0. The lowest BCUT2D eigenvalue weighted by Crippen LogP contribution is -2.33. The number of amides is 3. The van der Waals surface area contributed by atoms with Crippen molar-refractivity contribution < 1.29 is 14.0 Å². The number of hydrogen-bond donors (Lipinski definition) is 0. The molecule has 3 amide bonds. The third-order valence-corrected chi connectivity index (χ3v) is 4.42. The first kappa shape index (κ1) is 15.4. The Labute approximate surface area is 144 Å². The van der Waals surface area contributed by atoms with E-state index >= 15 is 0 Å². The van der Waals surface area contributed by atoms with Crippen molar-refractivity contribution in [2.24, 2.45) is 0 Å². The summed E-state index contributed by atoms with van der Waals surface area (Å²) in [6.07, 6.45) is 0. The van der Waals surface area contributed by atoms with Crippen LogP contribution in [0.15, 0.2) is 52.9 Å². The van der Waals surface area contributed by atoms with E-state index < -0.39 is 6.04 Å². The van der Waals surface area contributed by atoms with Crippen LogP contribution in [0.25, 0.3) is 11.1 Å². The maximum Gasteiger partial charge on any atom is 0.332 e. The molecule has 6 heteroatoms. The first-order valence-electron chi connectivity index (χ1n) is 8.10. The van der Waals surface area contributed by atoms with Crippen LogP contribution < -0.4 is 4.90 Å². The molecule has 4 rings (SSSR count). The summed E-state index contributed by atoms with van der Waals surface area (Å²) < 4.78 is 5.51. The molecule has 0 N–H and O–H groups in total. The minimum absolute atomic E-state index is 0.239. The average molecular weight is 335 g/mol. The molecule has 1 saturated heterocycles. The fraction of sp³-hybridized carbons (Fsp3) is 0.211. The highest BCUT2D eigenvalue weighted by Crippen LogP contribution is 2.29. The van der Waals surface area contributed by atoms with Gasteiger partial charge in [-0.05, 0) is 24.6 Å². The van der Waals surface area contributed by atoms with Gasteiger partial charge in [-0.2, -0.15) is 0 Å². The highest BCUT2D eigenvalue weighted by atomic mass is 16.3. The second-order valence-electron chi connectivity index (χ2n) is 6.13. The molecular formula is C19H17N3O3. The lowest BCUT2D eigenvalue weighted by atomic mass is 10.2. The van der Waals surface area contributed by atoms with Crippen LogP contribution in [0, 0.1) is 6.92 Å². The van der Waals surface area contributed by atoms with Crippen molar-refractivity contribution >= 4 is 28.7 Å². The maximum atomic E-state index is 12.9. The summed E-state index contributed by atoms with van der Waals surface area (Å²) in [4.78, 5) is 32.6. The zero-order valence-electron chi connectivity index (χ0n) is 14.0. The van der Waals surface area contributed by atoms with E-state index in [4.69, 9.17) is 4.42 Å². The van der Waals surface area contributed by atoms with E-state index in [1.807, 2.05) is 30.3 Å². The molecule has 0 saturated carbocycles. The molecule has 1 aliphatic rings. The molecule has 126 valence electrons. The van der Waals surface area contributed by atoms with Crippen molar-refractivity contribution in [1.82, 2.24) is 9.88 Å². The van der Waals surface area contributed by atoms with Crippen LogP contribution in [0.4, 0.5) is 10.5 Å². The molecule has 1 atom stereocenters. The second kappa shape index (κ2) is 5.73. The summed E-state index contributed by atoms with van der Waals surface area (Å²) in [5.74, 6) is 0.307. The van der Waals surface area contributed by atoms with Crippen molar-refractivity contribution in [3.8, 4) is 0 Å². The summed E-state index contributed by atoms with van der Waals surface area (Å²) in [6, 6.07) is 14.0. The number of nitrogens with zero attached hydrogens (tertiary/aromatic N) is 3. The number of benzene rings is 2. The van der Waals surface area contributed by atoms with Gasteiger partial charge in [-0.25, -0.2) is 14.7 Å². The average Bonchev–Trinajstić information content (AvgIpc) is 3.07. The van der Waals surface area contributed by atoms with Gasteiger partial charge in [0.1, 0.15) is 11.6 Å². The standard InChI is InChI=1S/C19H17N3O3/c1-12-18(23)22(15-8-9-16-17(10-15)25-13(2)20-16)19(24)21(12)11-14-6-4-3-5-7-14/h3-10,12H,11H2,1-2H3/t12-/m0/s1. The monoisotopic (exact) mass is 335 g/mol. The number of carbonyl (C=O) groups excluding carboxylic acids is 2. The summed E-state index contributed by atoms with van der Waals surface area (Å²) >= 11 is 0. The number of aryl methyl sites for hydroxylation is 1. The lowest BCUT2D eigenvalue weighted by molar-refractivity contribution is -0.119. The van der Waals surface area contributed by atoms with Crippen LogP contribution in [0.5, 0.6) is 0 Å². The van der Waals surface area contributed by atoms with Crippen LogP contribution in [-0.2, 0) is 11.3 Å². The molecule has 0 bridgehead atoms. The van der Waals surface area contributed by atoms with Crippen molar-refractivity contribution in [2.45, 2.75) is 26.4 Å². The van der Waals surface area contributed by atoms with E-state index in [2.05, 4.69) is 4.98 Å². The molecule has 1 fully saturated rings. The predicted molar refractivity (Wildman–Crippen MR) is 93.1 cm³/mol. The Hall–Kier alpha value is -3.15. The van der Waals surface area contributed by atoms with Gasteiger partial charge < -0.3 is 9.32 Å². The highest BCUT2D eigenvalue weighted by Gasteiger charge is 2.43. The zero-order chi connectivity index (χ0) is 17.6. The van der Waals surface area contributed by atoms with E-state index in [9.17, 15) is 9.59 Å². The van der Waals surface area contributed by atoms with E-state index in [-0.39, 0.29) is 11.9 Å². The third-order valence-electron chi connectivity index (χ3n) is 4.42. The third kappa shape index (κ3) is 2.55. The molecule has 1 aromatic heterocycles. The second-order valence-corrected chi connectivity index (χ2v) is 6.13. The Kier molecular flexibility index (Phi) is 3.53. The zero-order valence-corrected chi connectivity index (χ0v) is 14.0. The quantitative estimate of drug-likeness (QED) is 0.687. The summed E-state index contributed by atoms with van der Waals surface area (Å²) in [5, 5.41) is 0. The fourth-order valence-corrected chi connectivity index (χ4v) is 3.10. The highest BCUT2D eigenvalue weighted by molar-refractivity contribution is 6.21. The fourth-order valence-electron chi connectivity index (χ4n) is 3.10. The van der Waals surface area contributed by atoms with Gasteiger partial charge >= 0.3 is 6.03 Å². The molecule has 6 nitrogen and oxygen atoms in total. The Morgan fingerprint density at radius 2 is 1.88 bits per heavy atom. The van der Waals surface area contributed by atoms with Crippen LogP contribution in [0.3, 0.4) is 0 Å². The van der Waals surface area contributed by atoms with Gasteiger partial charge in [-0.1, -0.05) is 30.3 Å². The van der Waals surface area contributed by atoms with Crippen LogP contribution in [0.1, 0.15) is 18.4 Å². The van der Waals surface area contributed by atoms with Crippen LogP contribution >= 0.6 is 0 Å². The number of aromatic nitrogens is 1. The SMILES string of the molecule is Cc1nc2ccc(N3C(=O)[C@H](C)N(Cc4ccccc4)C3=O)cc2o1. The number of oxazole rings is 1. The molecule has 25 heavy (non-hydrogen) atoms. The van der Waals surface area contributed by atoms with Crippen molar-refractivity contribution in [3.63, 3.8) is 0 Å². The van der Waals surface area contributed by atoms with Crippen molar-refractivity contribution in [1.29, 1.82) is 0 Å². The Bertz CT molecular complexity index is 964. The molecule has 0 radical (unpaired) electrons. The van der Waals surface area contributed by atoms with Gasteiger partial charge in [0.25, 0.3) is 5.91 Å². The van der Waals surface area contributed by atoms with Gasteiger partial charge in [0.05, 0.1) is 5.69 Å². The van der Waals surface area contributed by atoms with Crippen LogP contribution in [-0.4, -0.2) is 27.9 Å². The topological polar surface area (TPSA) is 66.7 Å². The van der Waals surface area contributed by atoms with Gasteiger partial charge in [-0.15, -0.1) is 0 Å². The van der Waals surface area contributed by atoms with E-state index in [1.54, 1.807) is 36.9 Å². The number of rotatable bonds is 3. The first-order chi connectivity index (χ1) is 12.0. The van der Waals surface area contributed by atoms with Gasteiger partial charge in [0.2, 0.25) is 0 Å². The summed E-state index contributed by atoms with van der Waals surface area (Å²) in [6.45, 7) is 3.91. The van der Waals surface area contributed by atoms with Crippen LogP contribution in [0.2, 0.25) is 0 Å². The number of urea groups is 1. The van der Waals surface area contributed by atoms with Gasteiger partial charge in [0.15, 0.2) is 11.5 Å². The Balaban J connectivity index is 1.67. The lowest BCUT2D eigenvalue weighted by Gasteiger charge is -2.19. The molecule has 0 spiro atoms. The number of hydrogen-bond acceptors (Lipinski definition) is 4. The molecule has 0 aliphatic carbocycles. The molecular weight excluding hydrogens is 318 g/mol. The minimum Gasteiger partial charge on any atom is -0.441 e. The van der Waals surface area contributed by atoms with Crippen molar-refractivity contribution in [2.75, 3.05) is 4.90 Å². The Morgan fingerprint density at radius 1 is 1.12 bits per heavy atom. The Morgan fingerprint density at radius 3 is 2.64 bits per heavy atom. The molecule has 2 heterocycles. The van der Waals surface area contributed by atoms with Gasteiger partial charge in [0, 0.05) is 19.5 Å². The maximum absolute atomic E-state index is 12.9. The van der Waals surface area contributed by atoms with Gasteiger partial charge in [-0.3, -0.25) is 4.79 Å². The molecule has 1 aliphatic heterocycles. The molecule has 0 unspecified atom stereocenters. The largest absolute Gasteiger partial charge is 0.441 e. The molecule has 3 aromatic rings. The predicted octanol–water partition coefficient (Wildman–Crippen LogP) is 3.49. The van der Waals surface area contributed by atoms with Crippen molar-refractivity contribution in [3.05, 3.63) is 60.0 Å². The number of fused-ring (bicyclic) bond motifs is 1. The van der Waals surface area contributed by atoms with E-state index in [0.717, 1.165) is 5.56 Å². The van der Waals surface area contributed by atoms with E-state index in [1.165, 1.54) is 4.90 Å². The number of anilines is 1.